The van der Waals surface area contributed by atoms with Crippen molar-refractivity contribution in [2.45, 2.75) is 5.92 Å². The lowest BCUT2D eigenvalue weighted by molar-refractivity contribution is -0.385. The number of amides is 2. The molecule has 0 saturated heterocycles. The highest BCUT2D eigenvalue weighted by molar-refractivity contribution is 5.98. The number of carbonyl (C=O) groups excluding carboxylic acids is 2. The minimum atomic E-state index is -0.922. The van der Waals surface area contributed by atoms with Gasteiger partial charge in [0.15, 0.2) is 0 Å². The molecule has 30 heavy (non-hydrogen) atoms. The van der Waals surface area contributed by atoms with E-state index in [-0.39, 0.29) is 23.8 Å². The summed E-state index contributed by atoms with van der Waals surface area (Å²) in [6, 6.07) is 19.5. The van der Waals surface area contributed by atoms with Crippen LogP contribution in [0.15, 0.2) is 66.7 Å². The zero-order valence-electron chi connectivity index (χ0n) is 15.7. The molecule has 3 N–H and O–H groups in total. The lowest BCUT2D eigenvalue weighted by atomic mass is 9.98. The van der Waals surface area contributed by atoms with E-state index in [1.54, 1.807) is 0 Å². The van der Waals surface area contributed by atoms with Crippen molar-refractivity contribution in [3.05, 3.63) is 93.5 Å². The Labute approximate surface area is 171 Å². The van der Waals surface area contributed by atoms with Crippen LogP contribution >= 0.6 is 0 Å². The summed E-state index contributed by atoms with van der Waals surface area (Å²) >= 11 is 0. The topological polar surface area (TPSA) is 125 Å². The summed E-state index contributed by atoms with van der Waals surface area (Å²) in [4.78, 5) is 34.0. The van der Waals surface area contributed by atoms with Gasteiger partial charge in [-0.2, -0.15) is 0 Å². The Hall–Kier alpha value is -4.20. The van der Waals surface area contributed by atoms with Crippen molar-refractivity contribution in [3.63, 3.8) is 0 Å². The highest BCUT2D eigenvalue weighted by atomic mass is 16.6. The number of nitrogens with zero attached hydrogens (tertiary/aromatic N) is 1. The molecule has 150 valence electrons. The number of benzene rings is 3. The Morgan fingerprint density at radius 2 is 1.60 bits per heavy atom. The summed E-state index contributed by atoms with van der Waals surface area (Å²) in [7, 11) is 0. The summed E-state index contributed by atoms with van der Waals surface area (Å²) in [6.45, 7) is 0.112. The van der Waals surface area contributed by atoms with Gasteiger partial charge in [-0.15, -0.1) is 0 Å². The number of ether oxygens (including phenoxy) is 1. The number of hydrogen-bond donors (Lipinski definition) is 2. The zero-order valence-corrected chi connectivity index (χ0v) is 15.7. The van der Waals surface area contributed by atoms with Crippen molar-refractivity contribution in [3.8, 4) is 11.1 Å². The number of nitro benzene ring substituents is 1. The summed E-state index contributed by atoms with van der Waals surface area (Å²) in [6.07, 6.45) is -0.752. The summed E-state index contributed by atoms with van der Waals surface area (Å²) in [5, 5.41) is 13.6. The van der Waals surface area contributed by atoms with E-state index in [1.165, 1.54) is 12.1 Å². The van der Waals surface area contributed by atoms with Crippen LogP contribution < -0.4 is 11.1 Å². The molecule has 0 radical (unpaired) electrons. The largest absolute Gasteiger partial charge is 0.448 e. The molecule has 8 heteroatoms. The lowest BCUT2D eigenvalue weighted by Crippen LogP contribution is -2.18. The van der Waals surface area contributed by atoms with Crippen LogP contribution in [0.4, 0.5) is 16.2 Å². The van der Waals surface area contributed by atoms with E-state index in [2.05, 4.69) is 5.32 Å². The molecule has 0 fully saturated rings. The molecule has 4 rings (SSSR count). The third-order valence-corrected chi connectivity index (χ3v) is 5.05. The van der Waals surface area contributed by atoms with E-state index >= 15 is 0 Å². The minimum Gasteiger partial charge on any atom is -0.448 e. The van der Waals surface area contributed by atoms with Gasteiger partial charge in [0.2, 0.25) is 0 Å². The fourth-order valence-corrected chi connectivity index (χ4v) is 3.72. The molecule has 3 aromatic rings. The quantitative estimate of drug-likeness (QED) is 0.491. The maximum atomic E-state index is 12.3. The zero-order chi connectivity index (χ0) is 21.3. The number of nitrogens with one attached hydrogen (secondary N) is 1. The minimum absolute atomic E-state index is 0.102. The maximum Gasteiger partial charge on any atom is 0.411 e. The van der Waals surface area contributed by atoms with Gasteiger partial charge in [-0.3, -0.25) is 20.2 Å². The van der Waals surface area contributed by atoms with E-state index in [0.717, 1.165) is 28.3 Å². The molecule has 0 aromatic heterocycles. The fraction of sp³-hybridized carbons (Fsp3) is 0.0909. The van der Waals surface area contributed by atoms with Crippen molar-refractivity contribution in [1.29, 1.82) is 0 Å². The molecule has 0 heterocycles. The van der Waals surface area contributed by atoms with Crippen LogP contribution in [0.1, 0.15) is 27.4 Å². The Kier molecular flexibility index (Phi) is 4.89. The Balaban J connectivity index is 1.49. The van der Waals surface area contributed by atoms with Crippen LogP contribution in [-0.4, -0.2) is 23.5 Å². The van der Waals surface area contributed by atoms with Gasteiger partial charge in [0.25, 0.3) is 11.6 Å². The van der Waals surface area contributed by atoms with Crippen molar-refractivity contribution < 1.29 is 19.2 Å². The monoisotopic (exact) mass is 403 g/mol. The second-order valence-corrected chi connectivity index (χ2v) is 6.80. The van der Waals surface area contributed by atoms with Crippen molar-refractivity contribution >= 4 is 23.4 Å². The number of carbonyl (C=O) groups is 2. The van der Waals surface area contributed by atoms with Crippen molar-refractivity contribution in [2.24, 2.45) is 5.73 Å². The van der Waals surface area contributed by atoms with Gasteiger partial charge in [-0.25, -0.2) is 4.79 Å². The van der Waals surface area contributed by atoms with Crippen LogP contribution in [0, 0.1) is 10.1 Å². The predicted octanol–water partition coefficient (Wildman–Crippen LogP) is 4.05. The second-order valence-electron chi connectivity index (χ2n) is 6.80. The standard InChI is InChI=1S/C22H17N3O5/c23-21(26)18-10-9-13(11-20(18)25(28)29)24-22(27)30-12-19-16-7-3-1-5-14(16)15-6-2-4-8-17(15)19/h1-11,19H,12H2,(H2,23,26)(H,24,27). The molecule has 3 aromatic carbocycles. The molecule has 0 bridgehead atoms. The average Bonchev–Trinajstić information content (AvgIpc) is 3.06. The third kappa shape index (κ3) is 3.46. The SMILES string of the molecule is NC(=O)c1ccc(NC(=O)OCC2c3ccccc3-c3ccccc32)cc1[N+](=O)[O-]. The predicted molar refractivity (Wildman–Crippen MR) is 110 cm³/mol. The molecular formula is C22H17N3O5. The first-order valence-electron chi connectivity index (χ1n) is 9.16. The highest BCUT2D eigenvalue weighted by Crippen LogP contribution is 2.44. The van der Waals surface area contributed by atoms with Crippen LogP contribution in [0.2, 0.25) is 0 Å². The van der Waals surface area contributed by atoms with Gasteiger partial charge in [-0.05, 0) is 34.4 Å². The summed E-state index contributed by atoms with van der Waals surface area (Å²) in [5.74, 6) is -1.02. The molecule has 0 unspecified atom stereocenters. The lowest BCUT2D eigenvalue weighted by Gasteiger charge is -2.14. The van der Waals surface area contributed by atoms with Crippen LogP contribution in [0.5, 0.6) is 0 Å². The fourth-order valence-electron chi connectivity index (χ4n) is 3.72. The van der Waals surface area contributed by atoms with Crippen molar-refractivity contribution in [2.75, 3.05) is 11.9 Å². The number of nitrogens with two attached hydrogens (primary N) is 1. The molecule has 2 amide bonds. The first-order valence-corrected chi connectivity index (χ1v) is 9.16. The van der Waals surface area contributed by atoms with Crippen LogP contribution in [0.25, 0.3) is 11.1 Å². The van der Waals surface area contributed by atoms with E-state index in [0.29, 0.717) is 0 Å². The molecule has 0 saturated carbocycles. The second kappa shape index (κ2) is 7.67. The maximum absolute atomic E-state index is 12.3. The van der Waals surface area contributed by atoms with E-state index in [9.17, 15) is 19.7 Å². The summed E-state index contributed by atoms with van der Waals surface area (Å²) < 4.78 is 5.41. The third-order valence-electron chi connectivity index (χ3n) is 5.05. The smallest absolute Gasteiger partial charge is 0.411 e. The Morgan fingerprint density at radius 1 is 1.00 bits per heavy atom. The number of nitro groups is 1. The Morgan fingerprint density at radius 3 is 2.17 bits per heavy atom. The molecule has 8 nitrogen and oxygen atoms in total. The average molecular weight is 403 g/mol. The molecule has 0 aliphatic heterocycles. The number of rotatable bonds is 5. The number of primary amides is 1. The molecule has 0 spiro atoms. The first kappa shape index (κ1) is 19.1. The number of fused-ring (bicyclic) bond motifs is 3. The molecular weight excluding hydrogens is 386 g/mol. The van der Waals surface area contributed by atoms with Crippen LogP contribution in [-0.2, 0) is 4.74 Å². The highest BCUT2D eigenvalue weighted by Gasteiger charge is 2.29. The molecule has 1 aliphatic rings. The van der Waals surface area contributed by atoms with Crippen molar-refractivity contribution in [1.82, 2.24) is 0 Å². The van der Waals surface area contributed by atoms with Gasteiger partial charge in [0, 0.05) is 12.0 Å². The van der Waals surface area contributed by atoms with Crippen LogP contribution in [0.3, 0.4) is 0 Å². The molecule has 1 aliphatic carbocycles. The number of hydrogen-bond acceptors (Lipinski definition) is 5. The first-order chi connectivity index (χ1) is 14.5. The number of anilines is 1. The van der Waals surface area contributed by atoms with Gasteiger partial charge >= 0.3 is 6.09 Å². The van der Waals surface area contributed by atoms with E-state index in [4.69, 9.17) is 10.5 Å². The van der Waals surface area contributed by atoms with Gasteiger partial charge < -0.3 is 10.5 Å². The molecule has 0 atom stereocenters. The van der Waals surface area contributed by atoms with Gasteiger partial charge in [0.05, 0.1) is 10.6 Å². The summed E-state index contributed by atoms with van der Waals surface area (Å²) in [5.41, 5.74) is 8.92. The normalized spacial score (nSPS) is 12.0. The van der Waals surface area contributed by atoms with E-state index in [1.807, 2.05) is 48.5 Å². The van der Waals surface area contributed by atoms with Gasteiger partial charge in [0.1, 0.15) is 12.2 Å². The van der Waals surface area contributed by atoms with Gasteiger partial charge in [-0.1, -0.05) is 48.5 Å². The van der Waals surface area contributed by atoms with E-state index < -0.39 is 22.6 Å². The Bertz CT molecular complexity index is 1130.